The van der Waals surface area contributed by atoms with Gasteiger partial charge in [-0.1, -0.05) is 41.4 Å². The minimum absolute atomic E-state index is 0.0295. The third-order valence-electron chi connectivity index (χ3n) is 5.82. The van der Waals surface area contributed by atoms with E-state index in [0.717, 1.165) is 16.1 Å². The van der Waals surface area contributed by atoms with E-state index in [1.807, 2.05) is 0 Å². The lowest BCUT2D eigenvalue weighted by Gasteiger charge is -2.29. The molecule has 3 N–H and O–H groups in total. The molecule has 0 saturated carbocycles. The summed E-state index contributed by atoms with van der Waals surface area (Å²) in [5.41, 5.74) is 1.73. The Balaban J connectivity index is 1.62. The molecule has 0 bridgehead atoms. The van der Waals surface area contributed by atoms with Crippen LogP contribution in [0.15, 0.2) is 64.6 Å². The van der Waals surface area contributed by atoms with Crippen LogP contribution in [0.3, 0.4) is 0 Å². The summed E-state index contributed by atoms with van der Waals surface area (Å²) in [4.78, 5) is 40.3. The summed E-state index contributed by atoms with van der Waals surface area (Å²) in [6.45, 7) is 7.47. The van der Waals surface area contributed by atoms with Crippen LogP contribution in [-0.2, 0) is 37.4 Å². The maximum atomic E-state index is 13.1. The fourth-order valence-electron chi connectivity index (χ4n) is 3.82. The van der Waals surface area contributed by atoms with Gasteiger partial charge in [0.2, 0.25) is 5.91 Å². The van der Waals surface area contributed by atoms with Gasteiger partial charge in [0.1, 0.15) is 5.60 Å². The van der Waals surface area contributed by atoms with Crippen molar-refractivity contribution in [1.29, 1.82) is 0 Å². The van der Waals surface area contributed by atoms with Gasteiger partial charge in [-0.15, -0.1) is 4.83 Å². The van der Waals surface area contributed by atoms with Gasteiger partial charge < -0.3 is 15.4 Å². The molecule has 39 heavy (non-hydrogen) atoms. The van der Waals surface area contributed by atoms with Crippen LogP contribution in [0.5, 0.6) is 0 Å². The zero-order chi connectivity index (χ0) is 28.8. The lowest BCUT2D eigenvalue weighted by atomic mass is 9.98. The number of carbonyl (C=O) groups is 3. The van der Waals surface area contributed by atoms with Crippen molar-refractivity contribution >= 4 is 39.5 Å². The molecule has 0 saturated heterocycles. The van der Waals surface area contributed by atoms with Gasteiger partial charge in [-0.25, -0.2) is 13.2 Å². The average molecular weight is 577 g/mol. The Labute approximate surface area is 233 Å². The predicted molar refractivity (Wildman–Crippen MR) is 147 cm³/mol. The molecule has 0 fully saturated rings. The molecule has 2 aromatic carbocycles. The third kappa shape index (κ3) is 8.81. The van der Waals surface area contributed by atoms with Crippen LogP contribution in [-0.4, -0.2) is 43.5 Å². The predicted octanol–water partition coefficient (Wildman–Crippen LogP) is 3.81. The highest BCUT2D eigenvalue weighted by molar-refractivity contribution is 7.89. The monoisotopic (exact) mass is 576 g/mol. The van der Waals surface area contributed by atoms with E-state index in [1.54, 1.807) is 64.1 Å². The number of halogens is 1. The van der Waals surface area contributed by atoms with Crippen molar-refractivity contribution in [3.63, 3.8) is 0 Å². The molecule has 0 radical (unpaired) electrons. The first-order chi connectivity index (χ1) is 18.2. The van der Waals surface area contributed by atoms with E-state index < -0.39 is 33.5 Å². The highest BCUT2D eigenvalue weighted by Crippen LogP contribution is 2.22. The number of benzene rings is 2. The smallest absolute Gasteiger partial charge is 0.407 e. The Morgan fingerprint density at radius 3 is 2.36 bits per heavy atom. The van der Waals surface area contributed by atoms with E-state index in [4.69, 9.17) is 16.3 Å². The normalized spacial score (nSPS) is 14.3. The van der Waals surface area contributed by atoms with Gasteiger partial charge in [0, 0.05) is 30.2 Å². The Kier molecular flexibility index (Phi) is 9.76. The van der Waals surface area contributed by atoms with Crippen molar-refractivity contribution < 1.29 is 27.5 Å². The van der Waals surface area contributed by atoms with Crippen LogP contribution in [0.25, 0.3) is 0 Å². The van der Waals surface area contributed by atoms with Crippen molar-refractivity contribution in [3.05, 3.63) is 75.8 Å². The third-order valence-corrected chi connectivity index (χ3v) is 7.41. The van der Waals surface area contributed by atoms with Gasteiger partial charge in [0.25, 0.3) is 15.9 Å². The number of nitrogens with one attached hydrogen (secondary N) is 3. The Hall–Kier alpha value is -3.41. The molecule has 10 nitrogen and oxygen atoms in total. The van der Waals surface area contributed by atoms with E-state index >= 15 is 0 Å². The molecule has 0 aliphatic carbocycles. The summed E-state index contributed by atoms with van der Waals surface area (Å²) in [7, 11) is -3.96. The number of rotatable bonds is 9. The van der Waals surface area contributed by atoms with Crippen LogP contribution < -0.4 is 15.5 Å². The van der Waals surface area contributed by atoms with E-state index in [9.17, 15) is 22.8 Å². The molecule has 3 amide bonds. The lowest BCUT2D eigenvalue weighted by molar-refractivity contribution is -0.131. The molecule has 0 unspecified atom stereocenters. The Morgan fingerprint density at radius 2 is 1.69 bits per heavy atom. The molecule has 2 aromatic rings. The van der Waals surface area contributed by atoms with E-state index in [-0.39, 0.29) is 36.5 Å². The minimum Gasteiger partial charge on any atom is -0.444 e. The minimum atomic E-state index is -3.96. The number of hydrazine groups is 1. The second-order valence-electron chi connectivity index (χ2n) is 10.1. The second kappa shape index (κ2) is 12.6. The first-order valence-corrected chi connectivity index (χ1v) is 14.2. The fraction of sp³-hybridized carbons (Fsp3) is 0.370. The van der Waals surface area contributed by atoms with Crippen LogP contribution in [0, 0.1) is 0 Å². The first-order valence-electron chi connectivity index (χ1n) is 12.3. The van der Waals surface area contributed by atoms with Crippen LogP contribution in [0.2, 0.25) is 5.02 Å². The number of amides is 3. The molecule has 0 spiro atoms. The van der Waals surface area contributed by atoms with Gasteiger partial charge in [-0.3, -0.25) is 14.6 Å². The van der Waals surface area contributed by atoms with Crippen molar-refractivity contribution in [2.75, 3.05) is 6.54 Å². The summed E-state index contributed by atoms with van der Waals surface area (Å²) in [6.07, 6.45) is -0.376. The number of sulfonamides is 1. The summed E-state index contributed by atoms with van der Waals surface area (Å²) in [5.74, 6) is -0.991. The van der Waals surface area contributed by atoms with Crippen LogP contribution in [0.1, 0.15) is 51.7 Å². The number of carbonyl (C=O) groups excluding carboxylic acids is 3. The number of hydrogen-bond acceptors (Lipinski definition) is 6. The molecule has 1 heterocycles. The molecule has 0 atom stereocenters. The standard InChI is InChI=1S/C27H33ClN4O6S/c1-18-12-13-32(31-39(36,37)22-8-6-5-7-9-22)25(34)23(18)15-24(33)29-17-20-14-21(28)11-10-19(20)16-30-26(35)38-27(2,3)4/h5-11,14,31H,12-13,15-17H2,1-4H3,(H,29,33)(H,30,35). The van der Waals surface area contributed by atoms with E-state index in [1.165, 1.54) is 12.1 Å². The molecule has 1 aliphatic rings. The van der Waals surface area contributed by atoms with Gasteiger partial charge in [-0.2, -0.15) is 0 Å². The molecule has 1 aliphatic heterocycles. The maximum absolute atomic E-state index is 13.1. The molecule has 3 rings (SSSR count). The SMILES string of the molecule is CC1=C(CC(=O)NCc2cc(Cl)ccc2CNC(=O)OC(C)(C)C)C(=O)N(NS(=O)(=O)c2ccccc2)CC1. The van der Waals surface area contributed by atoms with E-state index in [2.05, 4.69) is 15.5 Å². The topological polar surface area (TPSA) is 134 Å². The number of hydrogen-bond donors (Lipinski definition) is 3. The van der Waals surface area contributed by atoms with Crippen LogP contribution in [0.4, 0.5) is 4.79 Å². The quantitative estimate of drug-likeness (QED) is 0.415. The van der Waals surface area contributed by atoms with Crippen molar-refractivity contribution in [1.82, 2.24) is 20.5 Å². The number of nitrogens with zero attached hydrogens (tertiary/aromatic N) is 1. The Morgan fingerprint density at radius 1 is 1.03 bits per heavy atom. The lowest BCUT2D eigenvalue weighted by Crippen LogP contribution is -2.49. The molecular formula is C27H33ClN4O6S. The first kappa shape index (κ1) is 30.1. The van der Waals surface area contributed by atoms with Gasteiger partial charge in [0.15, 0.2) is 0 Å². The maximum Gasteiger partial charge on any atom is 0.407 e. The average Bonchev–Trinajstić information content (AvgIpc) is 2.86. The zero-order valence-corrected chi connectivity index (χ0v) is 23.9. The Bertz CT molecular complexity index is 1370. The van der Waals surface area contributed by atoms with Gasteiger partial charge in [-0.05, 0) is 69.5 Å². The highest BCUT2D eigenvalue weighted by atomic mass is 35.5. The van der Waals surface area contributed by atoms with Crippen molar-refractivity contribution in [2.45, 2.75) is 64.1 Å². The summed E-state index contributed by atoms with van der Waals surface area (Å²) < 4.78 is 30.6. The van der Waals surface area contributed by atoms with Crippen molar-refractivity contribution in [3.8, 4) is 0 Å². The fourth-order valence-corrected chi connectivity index (χ4v) is 5.10. The largest absolute Gasteiger partial charge is 0.444 e. The highest BCUT2D eigenvalue weighted by Gasteiger charge is 2.30. The number of ether oxygens (including phenoxy) is 1. The van der Waals surface area contributed by atoms with E-state index in [0.29, 0.717) is 17.0 Å². The van der Waals surface area contributed by atoms with Gasteiger partial charge >= 0.3 is 6.09 Å². The van der Waals surface area contributed by atoms with Gasteiger partial charge in [0.05, 0.1) is 11.3 Å². The molecule has 0 aromatic heterocycles. The summed E-state index contributed by atoms with van der Waals surface area (Å²) in [6, 6.07) is 12.8. The molecular weight excluding hydrogens is 544 g/mol. The number of alkyl carbamates (subject to hydrolysis) is 1. The second-order valence-corrected chi connectivity index (χ2v) is 12.2. The molecule has 12 heteroatoms. The zero-order valence-electron chi connectivity index (χ0n) is 22.3. The van der Waals surface area contributed by atoms with Crippen LogP contribution >= 0.6 is 11.6 Å². The van der Waals surface area contributed by atoms with Crippen molar-refractivity contribution in [2.24, 2.45) is 0 Å². The summed E-state index contributed by atoms with van der Waals surface area (Å²) >= 11 is 6.15. The molecule has 210 valence electrons. The summed E-state index contributed by atoms with van der Waals surface area (Å²) in [5, 5.41) is 6.95.